The second-order valence-corrected chi connectivity index (χ2v) is 10.2. The first-order valence-corrected chi connectivity index (χ1v) is 12.5. The number of hydrogen-bond acceptors (Lipinski definition) is 5. The Balaban J connectivity index is 1.43. The van der Waals surface area contributed by atoms with Crippen LogP contribution in [0.1, 0.15) is 52.1 Å². The minimum atomic E-state index is -0.108. The zero-order valence-corrected chi connectivity index (χ0v) is 20.4. The van der Waals surface area contributed by atoms with Gasteiger partial charge in [-0.05, 0) is 65.4 Å². The third kappa shape index (κ3) is 3.08. The molecular formula is C31H27N3O3. The van der Waals surface area contributed by atoms with E-state index in [1.165, 1.54) is 16.7 Å². The third-order valence-corrected chi connectivity index (χ3v) is 8.37. The number of nitrogens with two attached hydrogens (primary N) is 1. The van der Waals surface area contributed by atoms with E-state index in [0.29, 0.717) is 23.2 Å². The fourth-order valence-electron chi connectivity index (χ4n) is 6.75. The van der Waals surface area contributed by atoms with Crippen molar-refractivity contribution in [1.82, 2.24) is 0 Å². The van der Waals surface area contributed by atoms with Crippen LogP contribution < -0.4 is 20.5 Å². The number of para-hydroxylation sites is 1. The summed E-state index contributed by atoms with van der Waals surface area (Å²) in [5, 5.41) is 22.5. The van der Waals surface area contributed by atoms with Gasteiger partial charge < -0.3 is 25.6 Å². The fourth-order valence-corrected chi connectivity index (χ4v) is 6.75. The van der Waals surface area contributed by atoms with E-state index in [9.17, 15) is 5.11 Å². The van der Waals surface area contributed by atoms with Crippen LogP contribution in [0.2, 0.25) is 0 Å². The van der Waals surface area contributed by atoms with Gasteiger partial charge in [0.05, 0.1) is 13.2 Å². The summed E-state index contributed by atoms with van der Waals surface area (Å²) in [6.45, 7) is 0. The van der Waals surface area contributed by atoms with Crippen LogP contribution in [0.3, 0.4) is 0 Å². The number of phenols is 1. The third-order valence-electron chi connectivity index (χ3n) is 8.37. The van der Waals surface area contributed by atoms with Crippen molar-refractivity contribution in [3.63, 3.8) is 0 Å². The number of nitrogen functional groups attached to an aromatic ring is 1. The molecule has 7 rings (SSSR count). The molecule has 1 saturated carbocycles. The summed E-state index contributed by atoms with van der Waals surface area (Å²) in [5.41, 5.74) is 12.4. The van der Waals surface area contributed by atoms with Crippen LogP contribution in [-0.4, -0.2) is 18.1 Å². The fraction of sp³-hybridized carbons (Fsp3) is 0.194. The van der Waals surface area contributed by atoms with Crippen LogP contribution >= 0.6 is 0 Å². The van der Waals surface area contributed by atoms with Gasteiger partial charge in [-0.2, -0.15) is 0 Å². The molecule has 0 amide bonds. The molecule has 1 fully saturated rings. The van der Waals surface area contributed by atoms with Crippen LogP contribution in [0.4, 0.5) is 5.69 Å². The quantitative estimate of drug-likeness (QED) is 0.196. The molecule has 2 aliphatic carbocycles. The summed E-state index contributed by atoms with van der Waals surface area (Å²) in [7, 11) is 1.57. The zero-order chi connectivity index (χ0) is 25.3. The van der Waals surface area contributed by atoms with Crippen molar-refractivity contribution in [3.8, 4) is 23.0 Å². The molecule has 4 aromatic rings. The predicted molar refractivity (Wildman–Crippen MR) is 143 cm³/mol. The number of phenolic OH excluding ortho intramolecular Hbond substituents is 1. The maximum Gasteiger partial charge on any atom is 0.161 e. The summed E-state index contributed by atoms with van der Waals surface area (Å²) >= 11 is 0. The Kier molecular flexibility index (Phi) is 4.58. The van der Waals surface area contributed by atoms with Crippen molar-refractivity contribution in [1.29, 1.82) is 5.41 Å². The summed E-state index contributed by atoms with van der Waals surface area (Å²) in [6, 6.07) is 27.8. The van der Waals surface area contributed by atoms with E-state index in [-0.39, 0.29) is 29.0 Å². The van der Waals surface area contributed by atoms with E-state index in [1.54, 1.807) is 13.2 Å². The average Bonchev–Trinajstić information content (AvgIpc) is 3.57. The second-order valence-electron chi connectivity index (χ2n) is 10.2. The highest BCUT2D eigenvalue weighted by Crippen LogP contribution is 2.81. The molecule has 3 aliphatic rings. The van der Waals surface area contributed by atoms with E-state index >= 15 is 0 Å². The molecule has 1 heterocycles. The van der Waals surface area contributed by atoms with E-state index in [1.807, 2.05) is 48.5 Å². The van der Waals surface area contributed by atoms with E-state index in [2.05, 4.69) is 35.6 Å². The smallest absolute Gasteiger partial charge is 0.161 e. The largest absolute Gasteiger partial charge is 0.504 e. The highest BCUT2D eigenvalue weighted by molar-refractivity contribution is 5.96. The maximum absolute atomic E-state index is 10.7. The SMILES string of the molecule is COc1cc(C2Nc3ccc(C(=N)N)cc3[C@H]3c4ccccc4[C@H]4CC234)c(Oc2ccccc2)cc1O. The van der Waals surface area contributed by atoms with Gasteiger partial charge in [0.2, 0.25) is 0 Å². The zero-order valence-electron chi connectivity index (χ0n) is 20.4. The van der Waals surface area contributed by atoms with Gasteiger partial charge >= 0.3 is 0 Å². The molecule has 5 N–H and O–H groups in total. The van der Waals surface area contributed by atoms with Gasteiger partial charge in [-0.3, -0.25) is 5.41 Å². The normalized spacial score (nSPS) is 24.1. The average molecular weight is 490 g/mol. The second kappa shape index (κ2) is 7.77. The number of fused-ring (bicyclic) bond motifs is 5. The highest BCUT2D eigenvalue weighted by Gasteiger charge is 2.71. The number of methoxy groups -OCH3 is 1. The van der Waals surface area contributed by atoms with Gasteiger partial charge in [-0.25, -0.2) is 0 Å². The number of benzene rings is 4. The molecule has 4 aromatic carbocycles. The summed E-state index contributed by atoms with van der Waals surface area (Å²) < 4.78 is 11.9. The number of aromatic hydroxyl groups is 1. The van der Waals surface area contributed by atoms with Crippen LogP contribution in [0.5, 0.6) is 23.0 Å². The van der Waals surface area contributed by atoms with Crippen molar-refractivity contribution < 1.29 is 14.6 Å². The Bertz CT molecular complexity index is 1570. The lowest BCUT2D eigenvalue weighted by atomic mass is 9.71. The number of nitrogens with one attached hydrogen (secondary N) is 2. The molecular weight excluding hydrogens is 462 g/mol. The molecule has 0 radical (unpaired) electrons. The van der Waals surface area contributed by atoms with Gasteiger partial charge in [-0.15, -0.1) is 0 Å². The maximum atomic E-state index is 10.7. The molecule has 184 valence electrons. The molecule has 1 aliphatic heterocycles. The number of rotatable bonds is 5. The summed E-state index contributed by atoms with van der Waals surface area (Å²) in [5.74, 6) is 2.36. The van der Waals surface area contributed by atoms with Gasteiger partial charge in [0.15, 0.2) is 11.5 Å². The molecule has 0 bridgehead atoms. The Morgan fingerprint density at radius 2 is 1.68 bits per heavy atom. The Morgan fingerprint density at radius 3 is 2.43 bits per heavy atom. The number of anilines is 1. The Morgan fingerprint density at radius 1 is 0.919 bits per heavy atom. The summed E-state index contributed by atoms with van der Waals surface area (Å²) in [6.07, 6.45) is 1.03. The lowest BCUT2D eigenvalue weighted by molar-refractivity contribution is 0.349. The van der Waals surface area contributed by atoms with Crippen molar-refractivity contribution in [2.45, 2.75) is 24.3 Å². The first-order chi connectivity index (χ1) is 18.0. The van der Waals surface area contributed by atoms with Crippen molar-refractivity contribution in [2.24, 2.45) is 11.1 Å². The topological polar surface area (TPSA) is 101 Å². The van der Waals surface area contributed by atoms with Gasteiger partial charge in [0.1, 0.15) is 17.3 Å². The minimum Gasteiger partial charge on any atom is -0.504 e. The van der Waals surface area contributed by atoms with E-state index in [4.69, 9.17) is 20.6 Å². The minimum absolute atomic E-state index is 0.0376. The van der Waals surface area contributed by atoms with Crippen LogP contribution in [-0.2, 0) is 0 Å². The Labute approximate surface area is 215 Å². The molecule has 4 atom stereocenters. The van der Waals surface area contributed by atoms with Crippen molar-refractivity contribution in [3.05, 3.63) is 113 Å². The van der Waals surface area contributed by atoms with Crippen molar-refractivity contribution in [2.75, 3.05) is 12.4 Å². The lowest BCUT2D eigenvalue weighted by Gasteiger charge is -2.41. The van der Waals surface area contributed by atoms with Crippen LogP contribution in [0.25, 0.3) is 0 Å². The summed E-state index contributed by atoms with van der Waals surface area (Å²) in [4.78, 5) is 0. The van der Waals surface area contributed by atoms with E-state index in [0.717, 1.165) is 23.2 Å². The van der Waals surface area contributed by atoms with Gasteiger partial charge in [-0.1, -0.05) is 42.5 Å². The molecule has 6 nitrogen and oxygen atoms in total. The molecule has 6 heteroatoms. The van der Waals surface area contributed by atoms with E-state index < -0.39 is 0 Å². The number of ether oxygens (including phenoxy) is 2. The first-order valence-electron chi connectivity index (χ1n) is 12.5. The van der Waals surface area contributed by atoms with Crippen LogP contribution in [0, 0.1) is 10.8 Å². The number of amidine groups is 1. The predicted octanol–water partition coefficient (Wildman–Crippen LogP) is 6.26. The lowest BCUT2D eigenvalue weighted by Crippen LogP contribution is -2.33. The van der Waals surface area contributed by atoms with Gasteiger partial charge in [0, 0.05) is 34.2 Å². The monoisotopic (exact) mass is 489 g/mol. The number of hydrogen-bond donors (Lipinski definition) is 4. The van der Waals surface area contributed by atoms with Crippen molar-refractivity contribution >= 4 is 11.5 Å². The first kappa shape index (κ1) is 21.8. The van der Waals surface area contributed by atoms with Crippen LogP contribution in [0.15, 0.2) is 84.9 Å². The van der Waals surface area contributed by atoms with Gasteiger partial charge in [0.25, 0.3) is 0 Å². The Hall–Kier alpha value is -4.45. The standard InChI is InChI=1S/C31H27N3O3/c1-36-27-14-22(26(15-25(27)35)37-18-7-3-2-4-8-18)29-31-16-23(31)19-9-5-6-10-20(19)28(31)21-13-17(30(32)33)11-12-24(21)34-29/h2-15,23,28-29,34-35H,16H2,1H3,(H3,32,33)/t23-,28-,29?,31?/m1/s1. The molecule has 1 spiro atoms. The molecule has 0 saturated heterocycles. The highest BCUT2D eigenvalue weighted by atomic mass is 16.5. The molecule has 0 aromatic heterocycles. The molecule has 37 heavy (non-hydrogen) atoms. The molecule has 2 unspecified atom stereocenters.